The van der Waals surface area contributed by atoms with Crippen molar-refractivity contribution in [2.45, 2.75) is 24.9 Å². The van der Waals surface area contributed by atoms with E-state index < -0.39 is 15.6 Å². The highest BCUT2D eigenvalue weighted by atomic mass is 32.2. The van der Waals surface area contributed by atoms with Crippen LogP contribution >= 0.6 is 0 Å². The second-order valence-electron chi connectivity index (χ2n) is 6.25. The van der Waals surface area contributed by atoms with Gasteiger partial charge in [-0.1, -0.05) is 54.6 Å². The average Bonchev–Trinajstić information content (AvgIpc) is 2.60. The molecule has 0 radical (unpaired) electrons. The van der Waals surface area contributed by atoms with Crippen molar-refractivity contribution in [3.63, 3.8) is 0 Å². The minimum Gasteiger partial charge on any atom is -0.388 e. The molecule has 0 aliphatic heterocycles. The molecule has 2 aromatic rings. The molecule has 4 nitrogen and oxygen atoms in total. The van der Waals surface area contributed by atoms with Gasteiger partial charge in [0.2, 0.25) is 10.0 Å². The zero-order chi connectivity index (χ0) is 17.0. The van der Waals surface area contributed by atoms with E-state index in [-0.39, 0.29) is 6.54 Å². The molecule has 5 heteroatoms. The van der Waals surface area contributed by atoms with Crippen LogP contribution in [0.2, 0.25) is 0 Å². The minimum absolute atomic E-state index is 0.0167. The van der Waals surface area contributed by atoms with E-state index in [1.807, 2.05) is 48.5 Å². The zero-order valence-electron chi connectivity index (χ0n) is 13.4. The predicted octanol–water partition coefficient (Wildman–Crippen LogP) is 2.50. The zero-order valence-corrected chi connectivity index (χ0v) is 14.2. The van der Waals surface area contributed by atoms with Crippen LogP contribution in [0.3, 0.4) is 0 Å². The number of rotatable bonds is 5. The molecule has 1 atom stereocenters. The van der Waals surface area contributed by atoms with Crippen LogP contribution in [0.5, 0.6) is 0 Å². The normalized spacial score (nSPS) is 20.9. The van der Waals surface area contributed by atoms with E-state index in [1.54, 1.807) is 6.08 Å². The van der Waals surface area contributed by atoms with Crippen LogP contribution in [0.1, 0.15) is 23.1 Å². The maximum atomic E-state index is 12.1. The Morgan fingerprint density at radius 3 is 2.46 bits per heavy atom. The smallest absolute Gasteiger partial charge is 0.233 e. The minimum atomic E-state index is -3.59. The summed E-state index contributed by atoms with van der Waals surface area (Å²) in [7, 11) is -3.59. The highest BCUT2D eigenvalue weighted by Gasteiger charge is 2.32. The Labute approximate surface area is 142 Å². The van der Waals surface area contributed by atoms with E-state index in [9.17, 15) is 13.5 Å². The Bertz CT molecular complexity index is 831. The summed E-state index contributed by atoms with van der Waals surface area (Å²) in [6, 6.07) is 17.2. The SMILES string of the molecule is O=S(=O)(/C=C/c1ccccc1)NC[C@@]1(O)CCc2ccccc2C1. The van der Waals surface area contributed by atoms with Gasteiger partial charge >= 0.3 is 0 Å². The number of aliphatic hydroxyl groups is 1. The number of hydrogen-bond acceptors (Lipinski definition) is 3. The molecule has 1 aliphatic carbocycles. The monoisotopic (exact) mass is 343 g/mol. The highest BCUT2D eigenvalue weighted by molar-refractivity contribution is 7.92. The molecule has 0 aromatic heterocycles. The number of nitrogens with one attached hydrogen (secondary N) is 1. The molecule has 126 valence electrons. The maximum Gasteiger partial charge on any atom is 0.233 e. The number of fused-ring (bicyclic) bond motifs is 1. The van der Waals surface area contributed by atoms with Gasteiger partial charge in [0.25, 0.3) is 0 Å². The van der Waals surface area contributed by atoms with Crippen LogP contribution in [0.25, 0.3) is 6.08 Å². The van der Waals surface area contributed by atoms with E-state index in [1.165, 1.54) is 5.56 Å². The molecule has 0 amide bonds. The standard InChI is InChI=1S/C19H21NO3S/c21-19(12-10-17-8-4-5-9-18(17)14-19)15-20-24(22,23)13-11-16-6-2-1-3-7-16/h1-9,11,13,20-21H,10,12,14-15H2/b13-11+/t19-/m1/s1. The first-order valence-corrected chi connectivity index (χ1v) is 9.52. The quantitative estimate of drug-likeness (QED) is 0.876. The first-order chi connectivity index (χ1) is 11.5. The van der Waals surface area contributed by atoms with Gasteiger partial charge in [-0.3, -0.25) is 0 Å². The third-order valence-electron chi connectivity index (χ3n) is 4.34. The average molecular weight is 343 g/mol. The highest BCUT2D eigenvalue weighted by Crippen LogP contribution is 2.28. The fraction of sp³-hybridized carbons (Fsp3) is 0.263. The van der Waals surface area contributed by atoms with Crippen molar-refractivity contribution < 1.29 is 13.5 Å². The van der Waals surface area contributed by atoms with Crippen LogP contribution < -0.4 is 4.72 Å². The molecule has 0 bridgehead atoms. The summed E-state index contributed by atoms with van der Waals surface area (Å²) in [6.07, 6.45) is 3.32. The van der Waals surface area contributed by atoms with Crippen LogP contribution in [0.4, 0.5) is 0 Å². The van der Waals surface area contributed by atoms with Gasteiger partial charge in [-0.05, 0) is 35.6 Å². The lowest BCUT2D eigenvalue weighted by atomic mass is 9.80. The molecule has 2 N–H and O–H groups in total. The van der Waals surface area contributed by atoms with Gasteiger partial charge in [-0.2, -0.15) is 0 Å². The summed E-state index contributed by atoms with van der Waals surface area (Å²) in [5.41, 5.74) is 2.09. The summed E-state index contributed by atoms with van der Waals surface area (Å²) in [4.78, 5) is 0. The van der Waals surface area contributed by atoms with E-state index in [0.717, 1.165) is 23.0 Å². The molecule has 0 spiro atoms. The van der Waals surface area contributed by atoms with E-state index in [4.69, 9.17) is 0 Å². The summed E-state index contributed by atoms with van der Waals surface area (Å²) in [5.74, 6) is 0. The third-order valence-corrected chi connectivity index (χ3v) is 5.38. The van der Waals surface area contributed by atoms with Crippen molar-refractivity contribution in [3.05, 3.63) is 76.7 Å². The largest absolute Gasteiger partial charge is 0.388 e. The first kappa shape index (κ1) is 16.9. The van der Waals surface area contributed by atoms with Crippen LogP contribution in [0, 0.1) is 0 Å². The molecule has 0 unspecified atom stereocenters. The van der Waals surface area contributed by atoms with Gasteiger partial charge in [0.1, 0.15) is 0 Å². The number of sulfonamides is 1. The Morgan fingerprint density at radius 1 is 1.04 bits per heavy atom. The molecule has 2 aromatic carbocycles. The second kappa shape index (κ2) is 6.89. The summed E-state index contributed by atoms with van der Waals surface area (Å²) < 4.78 is 26.8. The molecule has 0 heterocycles. The lowest BCUT2D eigenvalue weighted by Gasteiger charge is -2.33. The fourth-order valence-corrected chi connectivity index (χ4v) is 3.85. The molecule has 1 aliphatic rings. The van der Waals surface area contributed by atoms with E-state index in [2.05, 4.69) is 10.8 Å². The topological polar surface area (TPSA) is 66.4 Å². The van der Waals surface area contributed by atoms with Crippen molar-refractivity contribution in [2.24, 2.45) is 0 Å². The summed E-state index contributed by atoms with van der Waals surface area (Å²) in [6.45, 7) is 0.0167. The first-order valence-electron chi connectivity index (χ1n) is 7.98. The van der Waals surface area contributed by atoms with Gasteiger partial charge < -0.3 is 5.11 Å². The molecule has 0 fully saturated rings. The van der Waals surface area contributed by atoms with Crippen molar-refractivity contribution in [3.8, 4) is 0 Å². The van der Waals surface area contributed by atoms with Crippen LogP contribution in [-0.4, -0.2) is 25.7 Å². The van der Waals surface area contributed by atoms with Crippen LogP contribution in [-0.2, 0) is 22.9 Å². The Balaban J connectivity index is 1.63. The Hall–Kier alpha value is -1.95. The van der Waals surface area contributed by atoms with Crippen LogP contribution in [0.15, 0.2) is 60.0 Å². The molecule has 24 heavy (non-hydrogen) atoms. The van der Waals surface area contributed by atoms with Crippen molar-refractivity contribution >= 4 is 16.1 Å². The van der Waals surface area contributed by atoms with Gasteiger partial charge in [-0.15, -0.1) is 0 Å². The van der Waals surface area contributed by atoms with Crippen molar-refractivity contribution in [1.82, 2.24) is 4.72 Å². The molecular weight excluding hydrogens is 322 g/mol. The molecule has 3 rings (SSSR count). The van der Waals surface area contributed by atoms with Crippen molar-refractivity contribution in [2.75, 3.05) is 6.54 Å². The maximum absolute atomic E-state index is 12.1. The Kier molecular flexibility index (Phi) is 4.85. The number of benzene rings is 2. The Morgan fingerprint density at radius 2 is 1.71 bits per heavy atom. The van der Waals surface area contributed by atoms with Crippen molar-refractivity contribution in [1.29, 1.82) is 0 Å². The van der Waals surface area contributed by atoms with Gasteiger partial charge in [0.05, 0.1) is 5.60 Å². The van der Waals surface area contributed by atoms with Gasteiger partial charge in [0, 0.05) is 18.4 Å². The lowest BCUT2D eigenvalue weighted by Crippen LogP contribution is -2.46. The van der Waals surface area contributed by atoms with Gasteiger partial charge in [0.15, 0.2) is 0 Å². The second-order valence-corrected chi connectivity index (χ2v) is 7.90. The number of aryl methyl sites for hydroxylation is 1. The number of hydrogen-bond donors (Lipinski definition) is 2. The third kappa shape index (κ3) is 4.32. The molecule has 0 saturated heterocycles. The van der Waals surface area contributed by atoms with Gasteiger partial charge in [-0.25, -0.2) is 13.1 Å². The lowest BCUT2D eigenvalue weighted by molar-refractivity contribution is 0.0318. The summed E-state index contributed by atoms with van der Waals surface area (Å²) in [5, 5.41) is 11.9. The molecular formula is C19H21NO3S. The fourth-order valence-electron chi connectivity index (χ4n) is 2.95. The van der Waals surface area contributed by atoms with E-state index in [0.29, 0.717) is 12.8 Å². The molecule has 0 saturated carbocycles. The predicted molar refractivity (Wildman–Crippen MR) is 95.8 cm³/mol. The summed E-state index contributed by atoms with van der Waals surface area (Å²) >= 11 is 0. The van der Waals surface area contributed by atoms with E-state index >= 15 is 0 Å².